The van der Waals surface area contributed by atoms with Crippen LogP contribution in [0.1, 0.15) is 25.7 Å². The number of benzene rings is 1. The van der Waals surface area contributed by atoms with Gasteiger partial charge in [0.25, 0.3) is 0 Å². The topological polar surface area (TPSA) is 85.1 Å². The van der Waals surface area contributed by atoms with Gasteiger partial charge in [-0.15, -0.1) is 5.69 Å². The van der Waals surface area contributed by atoms with Crippen LogP contribution in [0.5, 0.6) is 5.75 Å². The van der Waals surface area contributed by atoms with Crippen molar-refractivity contribution in [3.63, 3.8) is 0 Å². The lowest BCUT2D eigenvalue weighted by atomic mass is 10.3. The fourth-order valence-corrected chi connectivity index (χ4v) is 3.07. The molecule has 1 aromatic carbocycles. The van der Waals surface area contributed by atoms with Crippen LogP contribution >= 0.6 is 0 Å². The quantitative estimate of drug-likeness (QED) is 0.860. The Bertz CT molecular complexity index is 493. The van der Waals surface area contributed by atoms with Gasteiger partial charge in [0, 0.05) is 0 Å². The minimum atomic E-state index is -3.40. The molecule has 106 valence electrons. The zero-order valence-corrected chi connectivity index (χ0v) is 11.7. The summed E-state index contributed by atoms with van der Waals surface area (Å²) in [5.41, 5.74) is 3.96. The second-order valence-corrected chi connectivity index (χ2v) is 6.50. The third-order valence-electron chi connectivity index (χ3n) is 3.09. The van der Waals surface area contributed by atoms with Gasteiger partial charge in [-0.05, 0) is 37.8 Å². The van der Waals surface area contributed by atoms with E-state index in [-0.39, 0.29) is 5.75 Å². The summed E-state index contributed by atoms with van der Waals surface area (Å²) in [5, 5.41) is 0. The largest absolute Gasteiger partial charge is 0.577 e. The van der Waals surface area contributed by atoms with Crippen molar-refractivity contribution in [1.29, 1.82) is 0 Å². The van der Waals surface area contributed by atoms with Gasteiger partial charge >= 0.3 is 0 Å². The first-order valence-electron chi connectivity index (χ1n) is 6.61. The Balaban J connectivity index is 1.94. The number of hydrogen-bond donors (Lipinski definition) is 1. The molecule has 1 fully saturated rings. The first kappa shape index (κ1) is 14.1. The van der Waals surface area contributed by atoms with Crippen molar-refractivity contribution in [3.8, 4) is 5.75 Å². The van der Waals surface area contributed by atoms with E-state index in [1.807, 2.05) is 0 Å². The average Bonchev–Trinajstić information content (AvgIpc) is 2.84. The van der Waals surface area contributed by atoms with Crippen molar-refractivity contribution in [2.24, 2.45) is 0 Å². The lowest BCUT2D eigenvalue weighted by molar-refractivity contribution is -0.360. The second-order valence-electron chi connectivity index (χ2n) is 4.75. The van der Waals surface area contributed by atoms with Crippen LogP contribution in [0, 0.1) is 0 Å². The maximum absolute atomic E-state index is 11.5. The van der Waals surface area contributed by atoms with E-state index in [9.17, 15) is 8.42 Å². The highest BCUT2D eigenvalue weighted by Crippen LogP contribution is 2.28. The lowest BCUT2D eigenvalue weighted by Gasteiger charge is -2.21. The van der Waals surface area contributed by atoms with Crippen LogP contribution in [0.3, 0.4) is 0 Å². The van der Waals surface area contributed by atoms with Crippen molar-refractivity contribution in [2.45, 2.75) is 31.8 Å². The van der Waals surface area contributed by atoms with E-state index >= 15 is 0 Å². The molecule has 19 heavy (non-hydrogen) atoms. The monoisotopic (exact) mass is 284 g/mol. The van der Waals surface area contributed by atoms with E-state index in [0.29, 0.717) is 18.3 Å². The Morgan fingerprint density at radius 3 is 2.42 bits per heavy atom. The van der Waals surface area contributed by atoms with Gasteiger partial charge in [0.2, 0.25) is 0 Å². The molecule has 1 aromatic rings. The Labute approximate surface area is 114 Å². The molecule has 0 unspecified atom stereocenters. The summed E-state index contributed by atoms with van der Waals surface area (Å²) in [5.74, 6) is 0.758. The molecule has 1 aliphatic carbocycles. The van der Waals surface area contributed by atoms with E-state index in [0.717, 1.165) is 18.6 Å². The number of quaternary nitrogens is 1. The van der Waals surface area contributed by atoms with Gasteiger partial charge in [-0.25, -0.2) is 8.42 Å². The van der Waals surface area contributed by atoms with Crippen molar-refractivity contribution in [1.82, 2.24) is 0 Å². The second kappa shape index (κ2) is 6.25. The zero-order chi connectivity index (χ0) is 13.7. The maximum Gasteiger partial charge on any atom is 0.119 e. The third-order valence-corrected chi connectivity index (χ3v) is 4.38. The van der Waals surface area contributed by atoms with E-state index in [4.69, 9.17) is 4.74 Å². The standard InChI is InChI=1S/C13H19N2O3S/c14-9-10-19(16,17)15-11-5-7-13(8-6-11)18-12-3-1-2-4-12/h5-8,12H,1-4,9-10,14H2/q-1/p+1. The molecule has 0 bridgehead atoms. The fraction of sp³-hybridized carbons (Fsp3) is 0.538. The van der Waals surface area contributed by atoms with Crippen LogP contribution in [0.25, 0.3) is 4.72 Å². The molecule has 5 nitrogen and oxygen atoms in total. The van der Waals surface area contributed by atoms with Crippen molar-refractivity contribution in [2.75, 3.05) is 12.3 Å². The molecular formula is C13H20N2O3S. The molecule has 6 heteroatoms. The third kappa shape index (κ3) is 4.40. The van der Waals surface area contributed by atoms with Crippen LogP contribution in [-0.4, -0.2) is 26.8 Å². The molecular weight excluding hydrogens is 264 g/mol. The van der Waals surface area contributed by atoms with Crippen LogP contribution in [-0.2, 0) is 10.0 Å². The summed E-state index contributed by atoms with van der Waals surface area (Å²) in [4.78, 5) is 0. The molecule has 0 saturated heterocycles. The van der Waals surface area contributed by atoms with Crippen LogP contribution in [0.4, 0.5) is 5.69 Å². The predicted molar refractivity (Wildman–Crippen MR) is 73.9 cm³/mol. The minimum absolute atomic E-state index is 0.0205. The van der Waals surface area contributed by atoms with Crippen molar-refractivity contribution in [3.05, 3.63) is 29.0 Å². The van der Waals surface area contributed by atoms with Crippen LogP contribution in [0.2, 0.25) is 0 Å². The van der Waals surface area contributed by atoms with Crippen LogP contribution < -0.4 is 10.5 Å². The summed E-state index contributed by atoms with van der Waals surface area (Å²) in [6, 6.07) is 6.89. The first-order chi connectivity index (χ1) is 9.09. The van der Waals surface area contributed by atoms with E-state index in [1.54, 1.807) is 24.3 Å². The van der Waals surface area contributed by atoms with Gasteiger partial charge in [-0.1, -0.05) is 12.1 Å². The van der Waals surface area contributed by atoms with Crippen LogP contribution in [0.15, 0.2) is 24.3 Å². The zero-order valence-electron chi connectivity index (χ0n) is 10.9. The van der Waals surface area contributed by atoms with E-state index in [1.165, 1.54) is 12.8 Å². The summed E-state index contributed by atoms with van der Waals surface area (Å²) < 4.78 is 32.6. The molecule has 0 amide bonds. The van der Waals surface area contributed by atoms with Crippen molar-refractivity contribution >= 4 is 15.7 Å². The van der Waals surface area contributed by atoms with Gasteiger partial charge in [-0.2, -0.15) is 0 Å². The van der Waals surface area contributed by atoms with E-state index in [2.05, 4.69) is 10.5 Å². The molecule has 1 aliphatic rings. The summed E-state index contributed by atoms with van der Waals surface area (Å²) in [7, 11) is -3.40. The Hall–Kier alpha value is -1.27. The highest BCUT2D eigenvalue weighted by Gasteiger charge is 2.15. The maximum atomic E-state index is 11.5. The van der Waals surface area contributed by atoms with Gasteiger partial charge in [0.05, 0.1) is 28.4 Å². The highest BCUT2D eigenvalue weighted by atomic mass is 32.2. The van der Waals surface area contributed by atoms with Gasteiger partial charge in [0.15, 0.2) is 0 Å². The molecule has 2 rings (SSSR count). The Morgan fingerprint density at radius 1 is 1.21 bits per heavy atom. The summed E-state index contributed by atoms with van der Waals surface area (Å²) >= 11 is 0. The minimum Gasteiger partial charge on any atom is -0.577 e. The highest BCUT2D eigenvalue weighted by molar-refractivity contribution is 7.94. The molecule has 0 aliphatic heterocycles. The summed E-state index contributed by atoms with van der Waals surface area (Å²) in [6.45, 7) is 0.328. The number of nitrogens with zero attached hydrogens (tertiary/aromatic N) is 1. The van der Waals surface area contributed by atoms with Gasteiger partial charge in [0.1, 0.15) is 5.75 Å². The number of ether oxygens (including phenoxy) is 1. The normalized spacial score (nSPS) is 16.5. The average molecular weight is 284 g/mol. The number of sulfonamides is 1. The van der Waals surface area contributed by atoms with Gasteiger partial charge in [-0.3, -0.25) is 0 Å². The molecule has 0 aromatic heterocycles. The molecule has 0 spiro atoms. The van der Waals surface area contributed by atoms with Crippen molar-refractivity contribution < 1.29 is 18.9 Å². The smallest absolute Gasteiger partial charge is 0.119 e. The molecule has 0 atom stereocenters. The Kier molecular flexibility index (Phi) is 4.66. The SMILES string of the molecule is [NH3+]CCS(=O)(=O)[N-]c1ccc(OC2CCCC2)cc1. The Morgan fingerprint density at radius 2 is 1.84 bits per heavy atom. The fourth-order valence-electron chi connectivity index (χ4n) is 2.17. The number of rotatable bonds is 6. The predicted octanol–water partition coefficient (Wildman–Crippen LogP) is 1.58. The number of hydrogen-bond acceptors (Lipinski definition) is 3. The molecule has 0 radical (unpaired) electrons. The molecule has 3 N–H and O–H groups in total. The molecule has 0 heterocycles. The van der Waals surface area contributed by atoms with E-state index < -0.39 is 10.0 Å². The molecule has 1 saturated carbocycles. The first-order valence-corrected chi connectivity index (χ1v) is 8.22. The summed E-state index contributed by atoms with van der Waals surface area (Å²) in [6.07, 6.45) is 4.95. The lowest BCUT2D eigenvalue weighted by Crippen LogP contribution is -2.52. The van der Waals surface area contributed by atoms with Gasteiger partial charge < -0.3 is 15.2 Å².